The van der Waals surface area contributed by atoms with Gasteiger partial charge in [0.1, 0.15) is 0 Å². The molecule has 1 aromatic rings. The first-order valence-electron chi connectivity index (χ1n) is 9.42. The van der Waals surface area contributed by atoms with Gasteiger partial charge in [-0.2, -0.15) is 0 Å². The van der Waals surface area contributed by atoms with Gasteiger partial charge in [-0.3, -0.25) is 0 Å². The van der Waals surface area contributed by atoms with Crippen molar-refractivity contribution in [3.63, 3.8) is 0 Å². The summed E-state index contributed by atoms with van der Waals surface area (Å²) in [6.07, 6.45) is 2.26. The molecule has 1 aliphatic rings. The molecule has 161 valence electrons. The van der Waals surface area contributed by atoms with Crippen molar-refractivity contribution in [2.24, 2.45) is 5.92 Å². The molecule has 0 aromatic carbocycles. The number of halogens is 1. The maximum absolute atomic E-state index is 13.5. The topological polar surface area (TPSA) is 103 Å². The zero-order chi connectivity index (χ0) is 20.8. The number of aromatic nitrogens is 1. The summed E-state index contributed by atoms with van der Waals surface area (Å²) < 4.78 is -0.0694. The number of nitrogens with zero attached hydrogens (tertiary/aromatic N) is 2. The van der Waals surface area contributed by atoms with Crippen LogP contribution in [-0.2, 0) is 16.0 Å². The van der Waals surface area contributed by atoms with Crippen LogP contribution in [0.2, 0.25) is 10.4 Å². The van der Waals surface area contributed by atoms with E-state index in [1.54, 1.807) is 18.1 Å². The minimum atomic E-state index is -0.641. The summed E-state index contributed by atoms with van der Waals surface area (Å²) in [5, 5.41) is 8.23. The van der Waals surface area contributed by atoms with Crippen LogP contribution < -0.4 is 20.9 Å². The molecule has 0 spiro atoms. The second-order valence-electron chi connectivity index (χ2n) is 7.18. The zero-order valence-corrected chi connectivity index (χ0v) is 20.1. The third-order valence-corrected chi connectivity index (χ3v) is 6.99. The van der Waals surface area contributed by atoms with E-state index in [2.05, 4.69) is 20.9 Å². The van der Waals surface area contributed by atoms with Crippen LogP contribution in [0.1, 0.15) is 26.3 Å². The van der Waals surface area contributed by atoms with Crippen molar-refractivity contribution in [3.8, 4) is 0 Å². The molecule has 1 aromatic heterocycles. The zero-order valence-electron chi connectivity index (χ0n) is 17.4. The van der Waals surface area contributed by atoms with Crippen molar-refractivity contribution in [2.75, 3.05) is 18.5 Å². The van der Waals surface area contributed by atoms with Crippen molar-refractivity contribution in [1.82, 2.24) is 20.9 Å². The molecule has 10 heteroatoms. The van der Waals surface area contributed by atoms with Crippen LogP contribution in [0.25, 0.3) is 0 Å². The number of amides is 4. The van der Waals surface area contributed by atoms with Crippen LogP contribution >= 0.6 is 12.4 Å². The Labute approximate surface area is 185 Å². The summed E-state index contributed by atoms with van der Waals surface area (Å²) in [7, 11) is 1.55. The molecule has 1 radical (unpaired) electrons. The average Bonchev–Trinajstić information content (AvgIpc) is 3.06. The molecule has 0 saturated heterocycles. The molecular formula is C19H30AsClN5O3. The average molecular weight is 487 g/mol. The van der Waals surface area contributed by atoms with Gasteiger partial charge in [0.05, 0.1) is 0 Å². The number of nitrogens with one attached hydrogen (secondary N) is 3. The SMILES string of the molecule is CNC(=O)NC[C@@H]1Cc2cccnc2N1C(=O)C(NC(=O)[C@H](C)[As]C)C(C)C.Cl. The van der Waals surface area contributed by atoms with E-state index in [1.165, 1.54) is 0 Å². The van der Waals surface area contributed by atoms with Gasteiger partial charge in [0.25, 0.3) is 0 Å². The fourth-order valence-electron chi connectivity index (χ4n) is 3.13. The minimum Gasteiger partial charge on any atom is -0.147 e. The van der Waals surface area contributed by atoms with Crippen LogP contribution in [-0.4, -0.2) is 64.3 Å². The Hall–Kier alpha value is -1.79. The van der Waals surface area contributed by atoms with E-state index in [-0.39, 0.29) is 62.7 Å². The van der Waals surface area contributed by atoms with Gasteiger partial charge in [0.2, 0.25) is 0 Å². The number of anilines is 1. The molecule has 8 nitrogen and oxygen atoms in total. The Morgan fingerprint density at radius 2 is 2.00 bits per heavy atom. The quantitative estimate of drug-likeness (QED) is 0.507. The predicted octanol–water partition coefficient (Wildman–Crippen LogP) is 1.39. The molecule has 3 N–H and O–H groups in total. The molecule has 4 amide bonds. The number of carbonyl (C=O) groups excluding carboxylic acids is 3. The normalized spacial score (nSPS) is 17.4. The summed E-state index contributed by atoms with van der Waals surface area (Å²) in [4.78, 5) is 43.6. The fraction of sp³-hybridized carbons (Fsp3) is 0.579. The molecule has 1 aliphatic heterocycles. The van der Waals surface area contributed by atoms with E-state index >= 15 is 0 Å². The number of urea groups is 1. The van der Waals surface area contributed by atoms with Crippen LogP contribution in [0, 0.1) is 5.92 Å². The minimum absolute atomic E-state index is 0. The third-order valence-electron chi connectivity index (χ3n) is 4.88. The molecular weight excluding hydrogens is 457 g/mol. The van der Waals surface area contributed by atoms with Crippen molar-refractivity contribution in [2.45, 2.75) is 49.7 Å². The Bertz CT molecular complexity index is 734. The second-order valence-corrected chi connectivity index (χ2v) is 9.89. The number of pyridine rings is 1. The van der Waals surface area contributed by atoms with Crippen molar-refractivity contribution in [1.29, 1.82) is 0 Å². The van der Waals surface area contributed by atoms with Crippen LogP contribution in [0.4, 0.5) is 10.6 Å². The van der Waals surface area contributed by atoms with Crippen molar-refractivity contribution < 1.29 is 14.4 Å². The summed E-state index contributed by atoms with van der Waals surface area (Å²) in [6, 6.07) is 2.59. The molecule has 1 unspecified atom stereocenters. The van der Waals surface area contributed by atoms with E-state index in [4.69, 9.17) is 0 Å². The Morgan fingerprint density at radius 3 is 2.59 bits per heavy atom. The van der Waals surface area contributed by atoms with E-state index < -0.39 is 6.04 Å². The number of rotatable bonds is 7. The van der Waals surface area contributed by atoms with Gasteiger partial charge >= 0.3 is 173 Å². The van der Waals surface area contributed by atoms with Gasteiger partial charge in [0.15, 0.2) is 0 Å². The first kappa shape index (κ1) is 25.2. The molecule has 3 atom stereocenters. The largest absolute Gasteiger partial charge is 0.147 e. The fourth-order valence-corrected chi connectivity index (χ4v) is 3.77. The van der Waals surface area contributed by atoms with E-state index in [0.29, 0.717) is 18.8 Å². The summed E-state index contributed by atoms with van der Waals surface area (Å²) in [5.74, 6) is 0.252. The number of hydrogen-bond acceptors (Lipinski definition) is 4. The number of hydrogen-bond donors (Lipinski definition) is 3. The molecule has 2 heterocycles. The van der Waals surface area contributed by atoms with Gasteiger partial charge in [-0.1, -0.05) is 0 Å². The van der Waals surface area contributed by atoms with Gasteiger partial charge in [0, 0.05) is 0 Å². The maximum atomic E-state index is 13.5. The van der Waals surface area contributed by atoms with Crippen molar-refractivity contribution >= 4 is 51.8 Å². The second kappa shape index (κ2) is 11.4. The van der Waals surface area contributed by atoms with E-state index in [0.717, 1.165) is 5.56 Å². The standard InChI is InChI=1S/C19H29AsN5O3.ClH/c1-11(2)15(24-17(26)12(3)20-4)18(27)25-14(10-23-19(28)21-5)9-13-7-6-8-22-16(13)25;/h6-8,11-12,14-15H,9-10H2,1-5H3,(H,24,26)(H2,21,23,28);1H/t12-,14-,15?;/m0./s1. The summed E-state index contributed by atoms with van der Waals surface area (Å²) >= 11 is -0.108. The van der Waals surface area contributed by atoms with E-state index in [1.807, 2.05) is 38.6 Å². The van der Waals surface area contributed by atoms with Gasteiger partial charge in [-0.15, -0.1) is 12.4 Å². The van der Waals surface area contributed by atoms with Crippen LogP contribution in [0.3, 0.4) is 0 Å². The van der Waals surface area contributed by atoms with Crippen LogP contribution in [0.5, 0.6) is 0 Å². The Kier molecular flexibility index (Phi) is 9.93. The molecule has 29 heavy (non-hydrogen) atoms. The molecule has 0 bridgehead atoms. The molecule has 0 fully saturated rings. The Balaban J connectivity index is 0.00000420. The first-order valence-corrected chi connectivity index (χ1v) is 12.4. The van der Waals surface area contributed by atoms with Gasteiger partial charge in [-0.05, 0) is 0 Å². The summed E-state index contributed by atoms with van der Waals surface area (Å²) in [5.41, 5.74) is 2.99. The Morgan fingerprint density at radius 1 is 1.31 bits per heavy atom. The monoisotopic (exact) mass is 486 g/mol. The molecule has 0 aliphatic carbocycles. The number of carbonyl (C=O) groups is 3. The van der Waals surface area contributed by atoms with Crippen molar-refractivity contribution in [3.05, 3.63) is 23.9 Å². The maximum Gasteiger partial charge on any atom is -0.147 e. The molecule has 0 saturated carbocycles. The van der Waals surface area contributed by atoms with Crippen LogP contribution in [0.15, 0.2) is 18.3 Å². The predicted molar refractivity (Wildman–Crippen MR) is 117 cm³/mol. The smallest absolute Gasteiger partial charge is 0.147 e. The van der Waals surface area contributed by atoms with E-state index in [9.17, 15) is 14.4 Å². The van der Waals surface area contributed by atoms with Gasteiger partial charge in [-0.25, -0.2) is 0 Å². The number of fused-ring (bicyclic) bond motifs is 1. The summed E-state index contributed by atoms with van der Waals surface area (Å²) in [6.45, 7) is 6.03. The molecule has 2 rings (SSSR count). The first-order chi connectivity index (χ1) is 13.3. The third kappa shape index (κ3) is 6.09. The van der Waals surface area contributed by atoms with Gasteiger partial charge < -0.3 is 0 Å².